The number of rotatable bonds is 10. The summed E-state index contributed by atoms with van der Waals surface area (Å²) in [5, 5.41) is 6.64. The van der Waals surface area contributed by atoms with Crippen LogP contribution in [0, 0.1) is 6.92 Å². The third kappa shape index (κ3) is 6.76. The molecule has 0 bridgehead atoms. The van der Waals surface area contributed by atoms with Gasteiger partial charge in [0.1, 0.15) is 5.75 Å². The van der Waals surface area contributed by atoms with E-state index in [2.05, 4.69) is 45.7 Å². The number of hydrogen-bond acceptors (Lipinski definition) is 4. The van der Waals surface area contributed by atoms with E-state index in [4.69, 9.17) is 9.47 Å². The zero-order valence-corrected chi connectivity index (χ0v) is 15.9. The predicted molar refractivity (Wildman–Crippen MR) is 104 cm³/mol. The molecule has 1 aromatic heterocycles. The topological polar surface area (TPSA) is 72.7 Å². The van der Waals surface area contributed by atoms with Gasteiger partial charge in [-0.1, -0.05) is 12.1 Å². The largest absolute Gasteiger partial charge is 0.493 e. The highest BCUT2D eigenvalue weighted by molar-refractivity contribution is 5.79. The van der Waals surface area contributed by atoms with Crippen LogP contribution in [0.3, 0.4) is 0 Å². The van der Waals surface area contributed by atoms with Crippen LogP contribution in [-0.4, -0.2) is 49.4 Å². The number of imidazole rings is 1. The van der Waals surface area contributed by atoms with Crippen LogP contribution in [-0.2, 0) is 17.8 Å². The number of ether oxygens (including phenoxy) is 2. The molecule has 1 aromatic carbocycles. The lowest BCUT2D eigenvalue weighted by molar-refractivity contribution is 0.172. The Morgan fingerprint density at radius 1 is 1.27 bits per heavy atom. The highest BCUT2D eigenvalue weighted by Gasteiger charge is 2.06. The molecule has 0 aliphatic carbocycles. The first kappa shape index (κ1) is 19.8. The summed E-state index contributed by atoms with van der Waals surface area (Å²) in [4.78, 5) is 8.30. The standard InChI is InChI=1S/C19H29N5O2/c1-16-5-6-17(18(13-16)26-12-4-11-25-3)14-23-19(20-2)22-8-10-24-9-7-21-15-24/h5-7,9,13,15H,4,8,10-12,14H2,1-3H3,(H2,20,22,23). The summed E-state index contributed by atoms with van der Waals surface area (Å²) >= 11 is 0. The summed E-state index contributed by atoms with van der Waals surface area (Å²) in [5.74, 6) is 1.67. The van der Waals surface area contributed by atoms with Gasteiger partial charge in [-0.2, -0.15) is 0 Å². The van der Waals surface area contributed by atoms with Gasteiger partial charge in [0.05, 0.1) is 12.9 Å². The van der Waals surface area contributed by atoms with E-state index in [9.17, 15) is 0 Å². The quantitative estimate of drug-likeness (QED) is 0.385. The average Bonchev–Trinajstić information content (AvgIpc) is 3.16. The van der Waals surface area contributed by atoms with Crippen LogP contribution in [0.1, 0.15) is 17.5 Å². The van der Waals surface area contributed by atoms with E-state index in [-0.39, 0.29) is 0 Å². The zero-order valence-electron chi connectivity index (χ0n) is 15.9. The van der Waals surface area contributed by atoms with E-state index >= 15 is 0 Å². The van der Waals surface area contributed by atoms with Crippen molar-refractivity contribution < 1.29 is 9.47 Å². The molecule has 1 heterocycles. The van der Waals surface area contributed by atoms with E-state index < -0.39 is 0 Å². The molecule has 0 atom stereocenters. The van der Waals surface area contributed by atoms with Crippen LogP contribution < -0.4 is 15.4 Å². The number of methoxy groups -OCH3 is 1. The third-order valence-corrected chi connectivity index (χ3v) is 3.86. The summed E-state index contributed by atoms with van der Waals surface area (Å²) < 4.78 is 13.0. The molecule has 0 fully saturated rings. The molecule has 142 valence electrons. The fraction of sp³-hybridized carbons (Fsp3) is 0.474. The molecular formula is C19H29N5O2. The van der Waals surface area contributed by atoms with Gasteiger partial charge in [-0.3, -0.25) is 4.99 Å². The van der Waals surface area contributed by atoms with Crippen LogP contribution in [0.5, 0.6) is 5.75 Å². The van der Waals surface area contributed by atoms with Crippen molar-refractivity contribution in [2.75, 3.05) is 33.9 Å². The smallest absolute Gasteiger partial charge is 0.191 e. The molecule has 0 aliphatic rings. The van der Waals surface area contributed by atoms with Gasteiger partial charge in [0, 0.05) is 64.8 Å². The number of benzene rings is 1. The SMILES string of the molecule is CN=C(NCCn1ccnc1)NCc1ccc(C)cc1OCCCOC. The highest BCUT2D eigenvalue weighted by atomic mass is 16.5. The molecule has 7 nitrogen and oxygen atoms in total. The molecule has 0 saturated carbocycles. The Kier molecular flexibility index (Phi) is 8.48. The summed E-state index contributed by atoms with van der Waals surface area (Å²) in [7, 11) is 3.47. The lowest BCUT2D eigenvalue weighted by Crippen LogP contribution is -2.38. The van der Waals surface area contributed by atoms with Crippen molar-refractivity contribution in [1.82, 2.24) is 20.2 Å². The Hall–Kier alpha value is -2.54. The van der Waals surface area contributed by atoms with Crippen LogP contribution in [0.15, 0.2) is 41.9 Å². The minimum atomic E-state index is 0.641. The normalized spacial score (nSPS) is 11.4. The second-order valence-electron chi connectivity index (χ2n) is 5.96. The first-order valence-corrected chi connectivity index (χ1v) is 8.84. The van der Waals surface area contributed by atoms with Crippen molar-refractivity contribution in [2.45, 2.75) is 26.4 Å². The highest BCUT2D eigenvalue weighted by Crippen LogP contribution is 2.20. The van der Waals surface area contributed by atoms with Crippen molar-refractivity contribution >= 4 is 5.96 Å². The van der Waals surface area contributed by atoms with Gasteiger partial charge >= 0.3 is 0 Å². The third-order valence-electron chi connectivity index (χ3n) is 3.86. The maximum absolute atomic E-state index is 5.93. The first-order chi connectivity index (χ1) is 12.7. The molecule has 2 rings (SSSR count). The molecule has 0 spiro atoms. The molecule has 0 radical (unpaired) electrons. The Bertz CT molecular complexity index is 671. The van der Waals surface area contributed by atoms with E-state index in [1.807, 2.05) is 10.8 Å². The Labute approximate surface area is 155 Å². The van der Waals surface area contributed by atoms with E-state index in [1.54, 1.807) is 26.7 Å². The molecule has 2 aromatic rings. The summed E-state index contributed by atoms with van der Waals surface area (Å²) in [6.07, 6.45) is 6.39. The number of aromatic nitrogens is 2. The van der Waals surface area contributed by atoms with E-state index in [0.29, 0.717) is 19.8 Å². The van der Waals surface area contributed by atoms with Crippen molar-refractivity contribution in [1.29, 1.82) is 0 Å². The molecule has 26 heavy (non-hydrogen) atoms. The number of aliphatic imine (C=N–C) groups is 1. The maximum atomic E-state index is 5.93. The predicted octanol–water partition coefficient (Wildman–Crippen LogP) is 1.97. The number of hydrogen-bond donors (Lipinski definition) is 2. The van der Waals surface area contributed by atoms with Crippen LogP contribution in [0.25, 0.3) is 0 Å². The molecule has 0 unspecified atom stereocenters. The van der Waals surface area contributed by atoms with Gasteiger partial charge in [0.25, 0.3) is 0 Å². The lowest BCUT2D eigenvalue weighted by Gasteiger charge is -2.15. The van der Waals surface area contributed by atoms with Gasteiger partial charge in [0.15, 0.2) is 5.96 Å². The van der Waals surface area contributed by atoms with Gasteiger partial charge < -0.3 is 24.7 Å². The Morgan fingerprint density at radius 3 is 2.88 bits per heavy atom. The van der Waals surface area contributed by atoms with Crippen LogP contribution >= 0.6 is 0 Å². The Balaban J connectivity index is 1.83. The average molecular weight is 359 g/mol. The molecular weight excluding hydrogens is 330 g/mol. The van der Waals surface area contributed by atoms with Crippen LogP contribution in [0.2, 0.25) is 0 Å². The summed E-state index contributed by atoms with van der Waals surface area (Å²) in [6.45, 7) is 5.65. The van der Waals surface area contributed by atoms with Crippen molar-refractivity contribution in [3.63, 3.8) is 0 Å². The minimum absolute atomic E-state index is 0.641. The van der Waals surface area contributed by atoms with Crippen LogP contribution in [0.4, 0.5) is 0 Å². The molecule has 2 N–H and O–H groups in total. The fourth-order valence-electron chi connectivity index (χ4n) is 2.45. The minimum Gasteiger partial charge on any atom is -0.493 e. The number of nitrogens with one attached hydrogen (secondary N) is 2. The molecule has 0 aliphatic heterocycles. The van der Waals surface area contributed by atoms with Gasteiger partial charge in [-0.15, -0.1) is 0 Å². The Morgan fingerprint density at radius 2 is 2.15 bits per heavy atom. The number of nitrogens with zero attached hydrogens (tertiary/aromatic N) is 3. The van der Waals surface area contributed by atoms with Gasteiger partial charge in [0.2, 0.25) is 0 Å². The van der Waals surface area contributed by atoms with Gasteiger partial charge in [-0.05, 0) is 18.6 Å². The monoisotopic (exact) mass is 359 g/mol. The summed E-state index contributed by atoms with van der Waals surface area (Å²) in [5.41, 5.74) is 2.28. The maximum Gasteiger partial charge on any atom is 0.191 e. The van der Waals surface area contributed by atoms with E-state index in [1.165, 1.54) is 5.56 Å². The molecule has 0 amide bonds. The zero-order chi connectivity index (χ0) is 18.6. The van der Waals surface area contributed by atoms with Crippen molar-refractivity contribution in [2.24, 2.45) is 4.99 Å². The van der Waals surface area contributed by atoms with Crippen molar-refractivity contribution in [3.8, 4) is 5.75 Å². The first-order valence-electron chi connectivity index (χ1n) is 8.84. The van der Waals surface area contributed by atoms with E-state index in [0.717, 1.165) is 36.8 Å². The lowest BCUT2D eigenvalue weighted by atomic mass is 10.1. The van der Waals surface area contributed by atoms with Gasteiger partial charge in [-0.25, -0.2) is 4.98 Å². The fourth-order valence-corrected chi connectivity index (χ4v) is 2.45. The second kappa shape index (κ2) is 11.1. The molecule has 0 saturated heterocycles. The van der Waals surface area contributed by atoms with Crippen molar-refractivity contribution in [3.05, 3.63) is 48.0 Å². The summed E-state index contributed by atoms with van der Waals surface area (Å²) in [6, 6.07) is 6.25. The second-order valence-corrected chi connectivity index (χ2v) is 5.96. The molecule has 7 heteroatoms. The number of guanidine groups is 1. The number of aryl methyl sites for hydroxylation is 1.